The van der Waals surface area contributed by atoms with Gasteiger partial charge in [-0.05, 0) is 36.3 Å². The Bertz CT molecular complexity index is 386. The Morgan fingerprint density at radius 1 is 1.35 bits per heavy atom. The van der Waals surface area contributed by atoms with Crippen LogP contribution in [0.2, 0.25) is 0 Å². The van der Waals surface area contributed by atoms with E-state index in [0.717, 1.165) is 19.5 Å². The Kier molecular flexibility index (Phi) is 3.43. The summed E-state index contributed by atoms with van der Waals surface area (Å²) in [6, 6.07) is 8.56. The molecule has 0 saturated carbocycles. The fourth-order valence-corrected chi connectivity index (χ4v) is 2.86. The summed E-state index contributed by atoms with van der Waals surface area (Å²) in [5.41, 5.74) is 2.87. The van der Waals surface area contributed by atoms with Crippen molar-refractivity contribution in [2.24, 2.45) is 11.3 Å². The second-order valence-electron chi connectivity index (χ2n) is 5.86. The first-order chi connectivity index (χ1) is 8.04. The number of nitrogens with zero attached hydrogens (tertiary/aromatic N) is 1. The summed E-state index contributed by atoms with van der Waals surface area (Å²) >= 11 is 0. The smallest absolute Gasteiger partial charge is 0.0465 e. The molecule has 1 unspecified atom stereocenters. The molecule has 0 amide bonds. The topological polar surface area (TPSA) is 23.5 Å². The monoisotopic (exact) mass is 233 g/mol. The molecule has 2 nitrogen and oxygen atoms in total. The Balaban J connectivity index is 2.18. The summed E-state index contributed by atoms with van der Waals surface area (Å²) < 4.78 is 0. The maximum atomic E-state index is 9.42. The first-order valence-electron chi connectivity index (χ1n) is 6.46. The molecule has 0 spiro atoms. The molecule has 1 heterocycles. The van der Waals surface area contributed by atoms with Crippen LogP contribution in [0.15, 0.2) is 24.3 Å². The number of hydrogen-bond acceptors (Lipinski definition) is 2. The maximum absolute atomic E-state index is 9.42. The quantitative estimate of drug-likeness (QED) is 0.849. The highest BCUT2D eigenvalue weighted by Crippen LogP contribution is 2.37. The molecule has 1 saturated heterocycles. The van der Waals surface area contributed by atoms with Gasteiger partial charge in [0.05, 0.1) is 0 Å². The third kappa shape index (κ3) is 2.47. The highest BCUT2D eigenvalue weighted by atomic mass is 16.3. The second kappa shape index (κ2) is 4.69. The zero-order chi connectivity index (χ0) is 12.5. The van der Waals surface area contributed by atoms with Crippen LogP contribution in [-0.4, -0.2) is 24.8 Å². The van der Waals surface area contributed by atoms with E-state index in [1.165, 1.54) is 11.3 Å². The molecular weight excluding hydrogens is 210 g/mol. The molecule has 1 fully saturated rings. The van der Waals surface area contributed by atoms with Gasteiger partial charge in [-0.2, -0.15) is 0 Å². The SMILES string of the molecule is Cc1ccccc1N1CCC(CO)C(C)(C)C1. The highest BCUT2D eigenvalue weighted by Gasteiger charge is 2.35. The van der Waals surface area contributed by atoms with Crippen LogP contribution < -0.4 is 4.90 Å². The number of aliphatic hydroxyl groups is 1. The first kappa shape index (κ1) is 12.4. The van der Waals surface area contributed by atoms with Gasteiger partial charge in [-0.25, -0.2) is 0 Å². The molecule has 1 aliphatic rings. The third-order valence-corrected chi connectivity index (χ3v) is 4.13. The molecule has 2 heteroatoms. The number of para-hydroxylation sites is 1. The van der Waals surface area contributed by atoms with Crippen molar-refractivity contribution >= 4 is 5.69 Å². The van der Waals surface area contributed by atoms with Gasteiger partial charge in [-0.3, -0.25) is 0 Å². The van der Waals surface area contributed by atoms with Crippen LogP contribution >= 0.6 is 0 Å². The zero-order valence-electron chi connectivity index (χ0n) is 11.1. The van der Waals surface area contributed by atoms with Gasteiger partial charge in [0.25, 0.3) is 0 Å². The van der Waals surface area contributed by atoms with Crippen molar-refractivity contribution in [2.45, 2.75) is 27.2 Å². The van der Waals surface area contributed by atoms with Crippen LogP contribution in [0.5, 0.6) is 0 Å². The number of hydrogen-bond donors (Lipinski definition) is 1. The van der Waals surface area contributed by atoms with Crippen molar-refractivity contribution in [3.63, 3.8) is 0 Å². The Morgan fingerprint density at radius 3 is 2.65 bits per heavy atom. The lowest BCUT2D eigenvalue weighted by Crippen LogP contribution is -2.47. The molecule has 1 aromatic carbocycles. The highest BCUT2D eigenvalue weighted by molar-refractivity contribution is 5.53. The van der Waals surface area contributed by atoms with Crippen LogP contribution in [0, 0.1) is 18.3 Å². The van der Waals surface area contributed by atoms with Crippen molar-refractivity contribution in [3.05, 3.63) is 29.8 Å². The van der Waals surface area contributed by atoms with Gasteiger partial charge in [-0.15, -0.1) is 0 Å². The number of anilines is 1. The molecule has 0 bridgehead atoms. The molecule has 1 N–H and O–H groups in total. The Labute approximate surface area is 104 Å². The van der Waals surface area contributed by atoms with Gasteiger partial charge >= 0.3 is 0 Å². The Hall–Kier alpha value is -1.02. The van der Waals surface area contributed by atoms with E-state index in [1.54, 1.807) is 0 Å². The van der Waals surface area contributed by atoms with E-state index < -0.39 is 0 Å². The van der Waals surface area contributed by atoms with E-state index in [1.807, 2.05) is 0 Å². The minimum absolute atomic E-state index is 0.190. The van der Waals surface area contributed by atoms with Crippen LogP contribution in [0.25, 0.3) is 0 Å². The Morgan fingerprint density at radius 2 is 2.06 bits per heavy atom. The molecule has 0 radical (unpaired) electrons. The molecule has 2 rings (SSSR count). The lowest BCUT2D eigenvalue weighted by molar-refractivity contribution is 0.0972. The standard InChI is InChI=1S/C15H23NO/c1-12-6-4-5-7-14(12)16-9-8-13(10-17)15(2,3)11-16/h4-7,13,17H,8-11H2,1-3H3. The fraction of sp³-hybridized carbons (Fsp3) is 0.600. The van der Waals surface area contributed by atoms with E-state index in [0.29, 0.717) is 12.5 Å². The van der Waals surface area contributed by atoms with Crippen molar-refractivity contribution in [1.82, 2.24) is 0 Å². The molecular formula is C15H23NO. The summed E-state index contributed by atoms with van der Waals surface area (Å²) in [6.07, 6.45) is 1.08. The van der Waals surface area contributed by atoms with Crippen LogP contribution in [-0.2, 0) is 0 Å². The largest absolute Gasteiger partial charge is 0.396 e. The third-order valence-electron chi connectivity index (χ3n) is 4.13. The summed E-state index contributed by atoms with van der Waals surface area (Å²) in [5, 5.41) is 9.42. The fourth-order valence-electron chi connectivity index (χ4n) is 2.86. The summed E-state index contributed by atoms with van der Waals surface area (Å²) in [4.78, 5) is 2.46. The number of benzene rings is 1. The predicted molar refractivity (Wildman–Crippen MR) is 72.4 cm³/mol. The van der Waals surface area contributed by atoms with E-state index in [-0.39, 0.29) is 5.41 Å². The van der Waals surface area contributed by atoms with Gasteiger partial charge in [0.1, 0.15) is 0 Å². The van der Waals surface area contributed by atoms with Crippen molar-refractivity contribution in [2.75, 3.05) is 24.6 Å². The van der Waals surface area contributed by atoms with Gasteiger partial charge in [-0.1, -0.05) is 32.0 Å². The number of aliphatic hydroxyl groups excluding tert-OH is 1. The average Bonchev–Trinajstić information content (AvgIpc) is 2.28. The van der Waals surface area contributed by atoms with E-state index in [4.69, 9.17) is 0 Å². The molecule has 94 valence electrons. The molecule has 1 aromatic rings. The lowest BCUT2D eigenvalue weighted by Gasteiger charge is -2.45. The van der Waals surface area contributed by atoms with Gasteiger partial charge < -0.3 is 10.0 Å². The number of piperidine rings is 1. The summed E-state index contributed by atoms with van der Waals surface area (Å²) in [6.45, 7) is 9.09. The van der Waals surface area contributed by atoms with Crippen molar-refractivity contribution in [3.8, 4) is 0 Å². The summed E-state index contributed by atoms with van der Waals surface area (Å²) in [7, 11) is 0. The number of rotatable bonds is 2. The van der Waals surface area contributed by atoms with Crippen LogP contribution in [0.4, 0.5) is 5.69 Å². The van der Waals surface area contributed by atoms with Crippen LogP contribution in [0.3, 0.4) is 0 Å². The molecule has 1 aliphatic heterocycles. The molecule has 0 aromatic heterocycles. The van der Waals surface area contributed by atoms with E-state index in [2.05, 4.69) is 49.9 Å². The van der Waals surface area contributed by atoms with Gasteiger partial charge in [0.2, 0.25) is 0 Å². The second-order valence-corrected chi connectivity index (χ2v) is 5.86. The lowest BCUT2D eigenvalue weighted by atomic mass is 9.74. The first-order valence-corrected chi connectivity index (χ1v) is 6.46. The van der Waals surface area contributed by atoms with Crippen molar-refractivity contribution < 1.29 is 5.11 Å². The minimum Gasteiger partial charge on any atom is -0.396 e. The predicted octanol–water partition coefficient (Wildman–Crippen LogP) is 2.84. The van der Waals surface area contributed by atoms with Gasteiger partial charge in [0, 0.05) is 25.4 Å². The normalized spacial score (nSPS) is 23.8. The minimum atomic E-state index is 0.190. The van der Waals surface area contributed by atoms with Crippen molar-refractivity contribution in [1.29, 1.82) is 0 Å². The molecule has 0 aliphatic carbocycles. The van der Waals surface area contributed by atoms with E-state index >= 15 is 0 Å². The zero-order valence-corrected chi connectivity index (χ0v) is 11.1. The van der Waals surface area contributed by atoms with Gasteiger partial charge in [0.15, 0.2) is 0 Å². The number of aryl methyl sites for hydroxylation is 1. The average molecular weight is 233 g/mol. The van der Waals surface area contributed by atoms with Crippen LogP contribution in [0.1, 0.15) is 25.8 Å². The van der Waals surface area contributed by atoms with E-state index in [9.17, 15) is 5.11 Å². The molecule has 1 atom stereocenters. The summed E-state index contributed by atoms with van der Waals surface area (Å²) in [5.74, 6) is 0.433. The maximum Gasteiger partial charge on any atom is 0.0465 e. The molecule has 17 heavy (non-hydrogen) atoms.